The molecule has 0 aliphatic carbocycles. The Hall–Kier alpha value is -1.30. The maximum absolute atomic E-state index is 12.2. The first-order chi connectivity index (χ1) is 9.08. The summed E-state index contributed by atoms with van der Waals surface area (Å²) in [4.78, 5) is 13.8. The van der Waals surface area contributed by atoms with Gasteiger partial charge < -0.3 is 20.1 Å². The average molecular weight is 285 g/mol. The molecule has 0 bridgehead atoms. The van der Waals surface area contributed by atoms with Gasteiger partial charge in [0.2, 0.25) is 0 Å². The fourth-order valence-corrected chi connectivity index (χ4v) is 2.18. The number of benzene rings is 1. The van der Waals surface area contributed by atoms with Gasteiger partial charge >= 0.3 is 0 Å². The van der Waals surface area contributed by atoms with E-state index in [1.54, 1.807) is 13.1 Å². The molecule has 1 aliphatic heterocycles. The average Bonchev–Trinajstić information content (AvgIpc) is 2.42. The van der Waals surface area contributed by atoms with Gasteiger partial charge in [-0.25, -0.2) is 0 Å². The highest BCUT2D eigenvalue weighted by Gasteiger charge is 2.21. The maximum atomic E-state index is 12.2. The van der Waals surface area contributed by atoms with Crippen molar-refractivity contribution >= 4 is 17.5 Å². The first-order valence-corrected chi connectivity index (χ1v) is 6.52. The first kappa shape index (κ1) is 14.1. The number of halogens is 1. The summed E-state index contributed by atoms with van der Waals surface area (Å²) in [6.45, 7) is 2.68. The zero-order chi connectivity index (χ0) is 13.8. The number of hydrogen-bond donors (Lipinski definition) is 2. The molecule has 1 fully saturated rings. The number of aromatic hydroxyl groups is 1. The van der Waals surface area contributed by atoms with Crippen molar-refractivity contribution in [2.45, 2.75) is 6.10 Å². The third-order valence-corrected chi connectivity index (χ3v) is 3.25. The van der Waals surface area contributed by atoms with Crippen LogP contribution in [0.1, 0.15) is 10.4 Å². The smallest absolute Gasteiger partial charge is 0.257 e. The third kappa shape index (κ3) is 3.59. The lowest BCUT2D eigenvalue weighted by molar-refractivity contribution is 0.0103. The molecule has 0 radical (unpaired) electrons. The standard InChI is InChI=1S/C13H17ClN2O3/c1-16(8-10-7-15-4-5-19-10)13(18)11-6-9(14)2-3-12(11)17/h2-3,6,10,15,17H,4-5,7-8H2,1H3. The van der Waals surface area contributed by atoms with Gasteiger partial charge in [-0.2, -0.15) is 0 Å². The van der Waals surface area contributed by atoms with E-state index in [0.717, 1.165) is 13.1 Å². The Morgan fingerprint density at radius 1 is 1.63 bits per heavy atom. The van der Waals surface area contributed by atoms with E-state index in [0.29, 0.717) is 18.2 Å². The predicted molar refractivity (Wildman–Crippen MR) is 72.7 cm³/mol. The van der Waals surface area contributed by atoms with Gasteiger partial charge in [-0.05, 0) is 18.2 Å². The largest absolute Gasteiger partial charge is 0.507 e. The molecule has 1 heterocycles. The molecule has 0 saturated carbocycles. The van der Waals surface area contributed by atoms with Crippen LogP contribution in [0.5, 0.6) is 5.75 Å². The summed E-state index contributed by atoms with van der Waals surface area (Å²) in [5.74, 6) is -0.335. The van der Waals surface area contributed by atoms with Crippen LogP contribution >= 0.6 is 11.6 Å². The minimum Gasteiger partial charge on any atom is -0.507 e. The number of likely N-dealkylation sites (N-methyl/N-ethyl adjacent to an activating group) is 1. The highest BCUT2D eigenvalue weighted by Crippen LogP contribution is 2.22. The van der Waals surface area contributed by atoms with Crippen molar-refractivity contribution in [1.29, 1.82) is 0 Å². The minimum absolute atomic E-state index is 0.0240. The van der Waals surface area contributed by atoms with Crippen LogP contribution < -0.4 is 5.32 Å². The number of rotatable bonds is 3. The van der Waals surface area contributed by atoms with E-state index in [1.165, 1.54) is 17.0 Å². The zero-order valence-corrected chi connectivity index (χ0v) is 11.5. The molecule has 1 unspecified atom stereocenters. The number of amides is 1. The Kier molecular flexibility index (Phi) is 4.63. The van der Waals surface area contributed by atoms with Crippen molar-refractivity contribution in [2.75, 3.05) is 33.3 Å². The van der Waals surface area contributed by atoms with Gasteiger partial charge in [-0.15, -0.1) is 0 Å². The summed E-state index contributed by atoms with van der Waals surface area (Å²) < 4.78 is 5.54. The van der Waals surface area contributed by atoms with E-state index >= 15 is 0 Å². The molecule has 1 amide bonds. The Labute approximate surface area is 117 Å². The van der Waals surface area contributed by atoms with Gasteiger partial charge in [0.25, 0.3) is 5.91 Å². The molecular formula is C13H17ClN2O3. The number of hydrogen-bond acceptors (Lipinski definition) is 4. The summed E-state index contributed by atoms with van der Waals surface area (Å²) in [5, 5.41) is 13.3. The number of carbonyl (C=O) groups excluding carboxylic acids is 1. The molecule has 6 heteroatoms. The Morgan fingerprint density at radius 3 is 3.11 bits per heavy atom. The van der Waals surface area contributed by atoms with Crippen LogP contribution in [0.15, 0.2) is 18.2 Å². The molecule has 104 valence electrons. The van der Waals surface area contributed by atoms with Gasteiger partial charge in [0.05, 0.1) is 18.3 Å². The lowest BCUT2D eigenvalue weighted by Crippen LogP contribution is -2.45. The summed E-state index contributed by atoms with van der Waals surface area (Å²) in [7, 11) is 1.68. The van der Waals surface area contributed by atoms with Gasteiger partial charge in [-0.3, -0.25) is 4.79 Å². The molecule has 0 spiro atoms. The van der Waals surface area contributed by atoms with E-state index in [-0.39, 0.29) is 23.3 Å². The highest BCUT2D eigenvalue weighted by atomic mass is 35.5. The maximum Gasteiger partial charge on any atom is 0.257 e. The molecule has 2 N–H and O–H groups in total. The summed E-state index contributed by atoms with van der Waals surface area (Å²) in [6, 6.07) is 4.43. The van der Waals surface area contributed by atoms with Crippen molar-refractivity contribution in [3.63, 3.8) is 0 Å². The Balaban J connectivity index is 2.03. The molecule has 1 aromatic rings. The van der Waals surface area contributed by atoms with E-state index in [4.69, 9.17) is 16.3 Å². The monoisotopic (exact) mass is 284 g/mol. The van der Waals surface area contributed by atoms with Gasteiger partial charge in [0, 0.05) is 31.7 Å². The van der Waals surface area contributed by atoms with E-state index in [9.17, 15) is 9.90 Å². The topological polar surface area (TPSA) is 61.8 Å². The lowest BCUT2D eigenvalue weighted by Gasteiger charge is -2.28. The lowest BCUT2D eigenvalue weighted by atomic mass is 10.1. The summed E-state index contributed by atoms with van der Waals surface area (Å²) >= 11 is 5.84. The number of nitrogens with zero attached hydrogens (tertiary/aromatic N) is 1. The number of nitrogens with one attached hydrogen (secondary N) is 1. The van der Waals surface area contributed by atoms with Crippen LogP contribution in [0.2, 0.25) is 5.02 Å². The van der Waals surface area contributed by atoms with Crippen LogP contribution in [-0.4, -0.2) is 55.3 Å². The van der Waals surface area contributed by atoms with Crippen molar-refractivity contribution in [3.8, 4) is 5.75 Å². The fourth-order valence-electron chi connectivity index (χ4n) is 2.01. The second-order valence-corrected chi connectivity index (χ2v) is 4.98. The molecule has 2 rings (SSSR count). The number of ether oxygens (including phenoxy) is 1. The molecule has 1 aliphatic rings. The Bertz CT molecular complexity index is 461. The predicted octanol–water partition coefficient (Wildman–Crippen LogP) is 1.11. The third-order valence-electron chi connectivity index (χ3n) is 3.02. The number of phenols is 1. The van der Waals surface area contributed by atoms with Crippen molar-refractivity contribution < 1.29 is 14.6 Å². The second-order valence-electron chi connectivity index (χ2n) is 4.54. The molecule has 0 aromatic heterocycles. The normalized spacial score (nSPS) is 19.2. The first-order valence-electron chi connectivity index (χ1n) is 6.14. The SMILES string of the molecule is CN(CC1CNCCO1)C(=O)c1cc(Cl)ccc1O. The number of phenolic OH excluding ortho intramolecular Hbond substituents is 1. The fraction of sp³-hybridized carbons (Fsp3) is 0.462. The molecule has 1 atom stereocenters. The summed E-state index contributed by atoms with van der Waals surface area (Å²) in [6.07, 6.45) is -0.0240. The minimum atomic E-state index is -0.269. The van der Waals surface area contributed by atoms with Crippen molar-refractivity contribution in [2.24, 2.45) is 0 Å². The van der Waals surface area contributed by atoms with E-state index in [1.807, 2.05) is 0 Å². The van der Waals surface area contributed by atoms with E-state index in [2.05, 4.69) is 5.32 Å². The van der Waals surface area contributed by atoms with Crippen molar-refractivity contribution in [3.05, 3.63) is 28.8 Å². The highest BCUT2D eigenvalue weighted by molar-refractivity contribution is 6.31. The quantitative estimate of drug-likeness (QED) is 0.873. The van der Waals surface area contributed by atoms with Gasteiger partial charge in [-0.1, -0.05) is 11.6 Å². The molecule has 1 saturated heterocycles. The van der Waals surface area contributed by atoms with Crippen molar-refractivity contribution in [1.82, 2.24) is 10.2 Å². The van der Waals surface area contributed by atoms with Gasteiger partial charge in [0.1, 0.15) is 5.75 Å². The molecule has 1 aromatic carbocycles. The van der Waals surface area contributed by atoms with Gasteiger partial charge in [0.15, 0.2) is 0 Å². The molecule has 5 nitrogen and oxygen atoms in total. The van der Waals surface area contributed by atoms with Crippen LogP contribution in [0.4, 0.5) is 0 Å². The van der Waals surface area contributed by atoms with Crippen LogP contribution in [0.25, 0.3) is 0 Å². The second kappa shape index (κ2) is 6.23. The number of carbonyl (C=O) groups is 1. The number of morpholine rings is 1. The molecular weight excluding hydrogens is 268 g/mol. The van der Waals surface area contributed by atoms with Crippen LogP contribution in [0.3, 0.4) is 0 Å². The van der Waals surface area contributed by atoms with E-state index < -0.39 is 0 Å². The van der Waals surface area contributed by atoms with Crippen LogP contribution in [0, 0.1) is 0 Å². The zero-order valence-electron chi connectivity index (χ0n) is 10.7. The molecule has 19 heavy (non-hydrogen) atoms. The summed E-state index contributed by atoms with van der Waals surface area (Å²) in [5.41, 5.74) is 0.207. The van der Waals surface area contributed by atoms with Crippen LogP contribution in [-0.2, 0) is 4.74 Å². The Morgan fingerprint density at radius 2 is 2.42 bits per heavy atom.